The molecule has 0 aliphatic carbocycles. The highest BCUT2D eigenvalue weighted by Crippen LogP contribution is 1.99. The third kappa shape index (κ3) is 2.41. The molecule has 1 unspecified atom stereocenters. The Hall–Kier alpha value is -0.290. The van der Waals surface area contributed by atoms with E-state index in [1.165, 1.54) is 0 Å². The number of rotatable bonds is 2. The minimum atomic E-state index is -3.16. The van der Waals surface area contributed by atoms with Crippen LogP contribution in [0.4, 0.5) is 13.2 Å². The lowest BCUT2D eigenvalue weighted by atomic mass is 10.7. The SMILES string of the molecule is ONC(F)C(F)F. The van der Waals surface area contributed by atoms with Crippen molar-refractivity contribution in [2.75, 3.05) is 0 Å². The Bertz CT molecular complexity index is 50.2. The van der Waals surface area contributed by atoms with Gasteiger partial charge in [-0.05, 0) is 0 Å². The zero-order chi connectivity index (χ0) is 5.86. The van der Waals surface area contributed by atoms with Crippen LogP contribution in [0.2, 0.25) is 0 Å². The van der Waals surface area contributed by atoms with Crippen molar-refractivity contribution in [1.82, 2.24) is 5.48 Å². The van der Waals surface area contributed by atoms with Crippen molar-refractivity contribution in [2.24, 2.45) is 0 Å². The summed E-state index contributed by atoms with van der Waals surface area (Å²) >= 11 is 0. The summed E-state index contributed by atoms with van der Waals surface area (Å²) in [7, 11) is 0. The maximum Gasteiger partial charge on any atom is 0.284 e. The van der Waals surface area contributed by atoms with Gasteiger partial charge in [-0.3, -0.25) is 0 Å². The predicted octanol–water partition coefficient (Wildman–Crippen LogP) is 0.526. The summed E-state index contributed by atoms with van der Waals surface area (Å²) in [5.74, 6) is 0. The van der Waals surface area contributed by atoms with Gasteiger partial charge in [0.25, 0.3) is 6.43 Å². The van der Waals surface area contributed by atoms with Crippen molar-refractivity contribution in [3.8, 4) is 0 Å². The van der Waals surface area contributed by atoms with Gasteiger partial charge in [-0.2, -0.15) is 5.48 Å². The van der Waals surface area contributed by atoms with Gasteiger partial charge in [-0.25, -0.2) is 13.2 Å². The van der Waals surface area contributed by atoms with E-state index in [0.29, 0.717) is 0 Å². The van der Waals surface area contributed by atoms with Crippen LogP contribution < -0.4 is 5.48 Å². The Labute approximate surface area is 37.9 Å². The first-order chi connectivity index (χ1) is 3.18. The first-order valence-electron chi connectivity index (χ1n) is 1.50. The predicted molar refractivity (Wildman–Crippen MR) is 15.8 cm³/mol. The van der Waals surface area contributed by atoms with Gasteiger partial charge in [-0.15, -0.1) is 0 Å². The van der Waals surface area contributed by atoms with Crippen molar-refractivity contribution in [1.29, 1.82) is 0 Å². The second-order valence-corrected chi connectivity index (χ2v) is 0.865. The molecule has 0 saturated heterocycles. The number of hydroxylamine groups is 1. The van der Waals surface area contributed by atoms with Crippen molar-refractivity contribution in [3.05, 3.63) is 0 Å². The second kappa shape index (κ2) is 2.81. The first kappa shape index (κ1) is 6.71. The van der Waals surface area contributed by atoms with E-state index in [2.05, 4.69) is 0 Å². The zero-order valence-corrected chi connectivity index (χ0v) is 3.24. The normalized spacial score (nSPS) is 15.0. The summed E-state index contributed by atoms with van der Waals surface area (Å²) in [4.78, 5) is 0. The molecule has 0 aromatic carbocycles. The minimum Gasteiger partial charge on any atom is -0.314 e. The van der Waals surface area contributed by atoms with E-state index in [9.17, 15) is 13.2 Å². The van der Waals surface area contributed by atoms with E-state index in [0.717, 1.165) is 5.48 Å². The quantitative estimate of drug-likeness (QED) is 0.406. The van der Waals surface area contributed by atoms with Crippen LogP contribution in [0.3, 0.4) is 0 Å². The summed E-state index contributed by atoms with van der Waals surface area (Å²) in [6, 6.07) is 0. The molecule has 2 N–H and O–H groups in total. The Kier molecular flexibility index (Phi) is 2.70. The van der Waals surface area contributed by atoms with Crippen molar-refractivity contribution < 1.29 is 18.4 Å². The zero-order valence-electron chi connectivity index (χ0n) is 3.24. The van der Waals surface area contributed by atoms with E-state index < -0.39 is 12.7 Å². The van der Waals surface area contributed by atoms with Crippen LogP contribution in [0, 0.1) is 0 Å². The number of nitrogens with one attached hydrogen (secondary N) is 1. The lowest BCUT2D eigenvalue weighted by Crippen LogP contribution is -2.27. The summed E-state index contributed by atoms with van der Waals surface area (Å²) in [5.41, 5.74) is 0.748. The molecular formula is C2H4F3NO. The van der Waals surface area contributed by atoms with Crippen LogP contribution in [0.5, 0.6) is 0 Å². The molecule has 0 aliphatic rings. The number of halogens is 3. The van der Waals surface area contributed by atoms with E-state index in [4.69, 9.17) is 5.21 Å². The lowest BCUT2D eigenvalue weighted by Gasteiger charge is -2.00. The smallest absolute Gasteiger partial charge is 0.284 e. The largest absolute Gasteiger partial charge is 0.314 e. The minimum absolute atomic E-state index is 0.748. The Morgan fingerprint density at radius 1 is 1.29 bits per heavy atom. The average Bonchev–Trinajstić information content (AvgIpc) is 1.65. The highest BCUT2D eigenvalue weighted by Gasteiger charge is 2.16. The van der Waals surface area contributed by atoms with Gasteiger partial charge in [-0.1, -0.05) is 0 Å². The van der Waals surface area contributed by atoms with E-state index in [1.54, 1.807) is 0 Å². The highest BCUT2D eigenvalue weighted by atomic mass is 19.3. The molecule has 44 valence electrons. The molecule has 0 heterocycles. The Morgan fingerprint density at radius 2 is 1.71 bits per heavy atom. The number of hydrogen-bond donors (Lipinski definition) is 2. The van der Waals surface area contributed by atoms with Crippen LogP contribution in [-0.2, 0) is 0 Å². The molecule has 0 aromatic heterocycles. The molecule has 0 rings (SSSR count). The molecular weight excluding hydrogens is 111 g/mol. The van der Waals surface area contributed by atoms with Crippen LogP contribution in [0.25, 0.3) is 0 Å². The van der Waals surface area contributed by atoms with E-state index in [-0.39, 0.29) is 0 Å². The van der Waals surface area contributed by atoms with Gasteiger partial charge in [0.05, 0.1) is 0 Å². The average molecular weight is 115 g/mol. The molecule has 0 saturated carbocycles. The standard InChI is InChI=1S/C2H4F3NO/c3-1(4)2(5)6-7/h1-2,6-7H. The van der Waals surface area contributed by atoms with Gasteiger partial charge in [0.15, 0.2) is 0 Å². The maximum atomic E-state index is 11.1. The molecule has 1 atom stereocenters. The molecule has 7 heavy (non-hydrogen) atoms. The van der Waals surface area contributed by atoms with Crippen LogP contribution in [0.1, 0.15) is 0 Å². The van der Waals surface area contributed by atoms with Gasteiger partial charge in [0, 0.05) is 0 Å². The molecule has 0 spiro atoms. The van der Waals surface area contributed by atoms with Crippen molar-refractivity contribution in [3.63, 3.8) is 0 Å². The van der Waals surface area contributed by atoms with E-state index >= 15 is 0 Å². The van der Waals surface area contributed by atoms with Gasteiger partial charge in [0.1, 0.15) is 0 Å². The monoisotopic (exact) mass is 115 g/mol. The highest BCUT2D eigenvalue weighted by molar-refractivity contribution is 4.44. The fraction of sp³-hybridized carbons (Fsp3) is 1.00. The number of hydrogen-bond acceptors (Lipinski definition) is 2. The second-order valence-electron chi connectivity index (χ2n) is 0.865. The lowest BCUT2D eigenvalue weighted by molar-refractivity contribution is -0.0423. The van der Waals surface area contributed by atoms with Crippen LogP contribution in [-0.4, -0.2) is 17.9 Å². The summed E-state index contributed by atoms with van der Waals surface area (Å²) in [6.45, 7) is 0. The Morgan fingerprint density at radius 3 is 1.71 bits per heavy atom. The molecule has 0 fully saturated rings. The van der Waals surface area contributed by atoms with Gasteiger partial charge >= 0.3 is 0 Å². The maximum absolute atomic E-state index is 11.1. The molecule has 0 aliphatic heterocycles. The fourth-order valence-electron chi connectivity index (χ4n) is 0.0563. The Balaban J connectivity index is 3.14. The van der Waals surface area contributed by atoms with Crippen LogP contribution in [0.15, 0.2) is 0 Å². The topological polar surface area (TPSA) is 32.3 Å². The summed E-state index contributed by atoms with van der Waals surface area (Å²) < 4.78 is 32.8. The molecule has 0 bridgehead atoms. The van der Waals surface area contributed by atoms with Crippen molar-refractivity contribution in [2.45, 2.75) is 12.7 Å². The third-order valence-electron chi connectivity index (χ3n) is 0.345. The summed E-state index contributed by atoms with van der Waals surface area (Å²) in [6.07, 6.45) is -5.79. The molecule has 5 heteroatoms. The van der Waals surface area contributed by atoms with Crippen LogP contribution >= 0.6 is 0 Å². The van der Waals surface area contributed by atoms with Crippen molar-refractivity contribution >= 4 is 0 Å². The first-order valence-corrected chi connectivity index (χ1v) is 1.50. The molecule has 2 nitrogen and oxygen atoms in total. The summed E-state index contributed by atoms with van der Waals surface area (Å²) in [5, 5.41) is 7.40. The molecule has 0 aromatic rings. The number of alkyl halides is 3. The molecule has 0 amide bonds. The molecule has 0 radical (unpaired) electrons. The van der Waals surface area contributed by atoms with Gasteiger partial charge < -0.3 is 5.21 Å². The van der Waals surface area contributed by atoms with Gasteiger partial charge in [0.2, 0.25) is 6.30 Å². The van der Waals surface area contributed by atoms with E-state index in [1.807, 2.05) is 0 Å². The fourth-order valence-corrected chi connectivity index (χ4v) is 0.0563. The third-order valence-corrected chi connectivity index (χ3v) is 0.345.